The molecule has 6 nitrogen and oxygen atoms in total. The Hall–Kier alpha value is -1.43. The van der Waals surface area contributed by atoms with Gasteiger partial charge in [-0.15, -0.1) is 13.1 Å². The summed E-state index contributed by atoms with van der Waals surface area (Å²) in [4.78, 5) is 7.19. The quantitative estimate of drug-likeness (QED) is 0.661. The maximum absolute atomic E-state index is 12.8. The molecule has 3 heterocycles. The summed E-state index contributed by atoms with van der Waals surface area (Å²) < 4.78 is 12.8. The van der Waals surface area contributed by atoms with E-state index in [1.807, 2.05) is 0 Å². The summed E-state index contributed by atoms with van der Waals surface area (Å²) in [7, 11) is 0. The number of benzene rings is 1. The van der Waals surface area contributed by atoms with E-state index in [1.54, 1.807) is 18.5 Å². The van der Waals surface area contributed by atoms with Gasteiger partial charge in [-0.05, 0) is 42.5 Å². The third-order valence-corrected chi connectivity index (χ3v) is 4.53. The number of nitrogens with zero attached hydrogens (tertiary/aromatic N) is 4. The normalized spacial score (nSPS) is 16.3. The van der Waals surface area contributed by atoms with E-state index in [4.69, 9.17) is 0 Å². The van der Waals surface area contributed by atoms with Gasteiger partial charge in [0.1, 0.15) is 5.82 Å². The van der Waals surface area contributed by atoms with Crippen LogP contribution in [0.1, 0.15) is 29.8 Å². The first-order chi connectivity index (χ1) is 12.7. The largest absolute Gasteiger partial charge is 0.657 e. The minimum atomic E-state index is -0.304. The average Bonchev–Trinajstić information content (AvgIpc) is 3.15. The molecule has 0 saturated carbocycles. The molecule has 1 aromatic carbocycles. The molecule has 2 aliphatic rings. The number of halogens is 1. The SMILES string of the molecule is N#CC(=C1CCN(O)CC1)c1ccc(F)cc1.[Y].c1nc2c([nH]1)CC[N-]C2. The molecule has 2 aromatic rings. The van der Waals surface area contributed by atoms with Crippen LogP contribution in [0.25, 0.3) is 10.9 Å². The van der Waals surface area contributed by atoms with Crippen LogP contribution >= 0.6 is 0 Å². The monoisotopic (exact) mass is 443 g/mol. The molecule has 0 atom stereocenters. The van der Waals surface area contributed by atoms with Crippen molar-refractivity contribution in [1.29, 1.82) is 5.26 Å². The van der Waals surface area contributed by atoms with E-state index in [9.17, 15) is 14.9 Å². The summed E-state index contributed by atoms with van der Waals surface area (Å²) in [5, 5.41) is 23.9. The molecular weight excluding hydrogens is 422 g/mol. The molecule has 0 unspecified atom stereocenters. The van der Waals surface area contributed by atoms with Crippen LogP contribution in [0.2, 0.25) is 0 Å². The van der Waals surface area contributed by atoms with Crippen molar-refractivity contribution in [3.8, 4) is 6.07 Å². The molecule has 2 N–H and O–H groups in total. The molecule has 1 saturated heterocycles. The van der Waals surface area contributed by atoms with Gasteiger partial charge in [-0.2, -0.15) is 10.3 Å². The van der Waals surface area contributed by atoms with E-state index in [2.05, 4.69) is 21.4 Å². The average molecular weight is 443 g/mol. The summed E-state index contributed by atoms with van der Waals surface area (Å²) in [6, 6.07) is 8.13. The number of allylic oxidation sites excluding steroid dienone is 1. The van der Waals surface area contributed by atoms with Crippen LogP contribution in [0.3, 0.4) is 0 Å². The Morgan fingerprint density at radius 1 is 1.22 bits per heavy atom. The number of nitriles is 1. The zero-order valence-corrected chi connectivity index (χ0v) is 17.9. The van der Waals surface area contributed by atoms with Crippen molar-refractivity contribution in [3.63, 3.8) is 0 Å². The number of hydroxylamine groups is 2. The predicted octanol–water partition coefficient (Wildman–Crippen LogP) is 3.42. The molecule has 0 spiro atoms. The maximum Gasteiger partial charge on any atom is 0.123 e. The van der Waals surface area contributed by atoms with Crippen molar-refractivity contribution in [3.05, 3.63) is 64.3 Å². The van der Waals surface area contributed by atoms with Gasteiger partial charge in [0.05, 0.1) is 18.0 Å². The Morgan fingerprint density at radius 2 is 1.93 bits per heavy atom. The van der Waals surface area contributed by atoms with Gasteiger partial charge in [0.15, 0.2) is 0 Å². The van der Waals surface area contributed by atoms with E-state index in [0.717, 1.165) is 36.3 Å². The molecule has 0 amide bonds. The first kappa shape index (κ1) is 21.9. The third-order valence-electron chi connectivity index (χ3n) is 4.53. The molecule has 1 fully saturated rings. The third kappa shape index (κ3) is 6.03. The van der Waals surface area contributed by atoms with Gasteiger partial charge in [0.2, 0.25) is 0 Å². The Labute approximate surface area is 183 Å². The van der Waals surface area contributed by atoms with Crippen molar-refractivity contribution in [2.45, 2.75) is 25.8 Å². The van der Waals surface area contributed by atoms with Crippen LogP contribution in [-0.4, -0.2) is 39.9 Å². The zero-order valence-electron chi connectivity index (χ0n) is 15.0. The predicted molar refractivity (Wildman–Crippen MR) is 95.7 cm³/mol. The second-order valence-corrected chi connectivity index (χ2v) is 6.23. The smallest absolute Gasteiger partial charge is 0.123 e. The van der Waals surface area contributed by atoms with Gasteiger partial charge >= 0.3 is 0 Å². The second-order valence-electron chi connectivity index (χ2n) is 6.23. The van der Waals surface area contributed by atoms with Crippen molar-refractivity contribution in [2.24, 2.45) is 0 Å². The fourth-order valence-electron chi connectivity index (χ4n) is 3.06. The van der Waals surface area contributed by atoms with Crippen molar-refractivity contribution >= 4 is 5.57 Å². The molecule has 8 heteroatoms. The Bertz CT molecular complexity index is 782. The molecule has 1 aromatic heterocycles. The van der Waals surface area contributed by atoms with Crippen LogP contribution in [0.5, 0.6) is 0 Å². The van der Waals surface area contributed by atoms with E-state index in [1.165, 1.54) is 22.9 Å². The summed E-state index contributed by atoms with van der Waals surface area (Å²) in [6.45, 7) is 2.84. The van der Waals surface area contributed by atoms with Crippen molar-refractivity contribution in [2.75, 3.05) is 19.6 Å². The number of hydrogen-bond donors (Lipinski definition) is 2. The number of rotatable bonds is 1. The topological polar surface area (TPSA) is 90.0 Å². The molecule has 0 aliphatic carbocycles. The van der Waals surface area contributed by atoms with Crippen LogP contribution in [-0.2, 0) is 45.7 Å². The van der Waals surface area contributed by atoms with Gasteiger partial charge in [-0.1, -0.05) is 12.1 Å². The van der Waals surface area contributed by atoms with Crippen LogP contribution < -0.4 is 0 Å². The van der Waals surface area contributed by atoms with Gasteiger partial charge in [0, 0.05) is 57.2 Å². The minimum absolute atomic E-state index is 0. The standard InChI is InChI=1S/C13H13FN2O.C6H8N3.Y/c14-12-3-1-10(2-4-12)13(9-15)11-5-7-16(17)8-6-11;1-2-7-3-6-5(1)8-4-9-6;/h1-4,17H,5-8H2;4H,1-3H2,(H,8,9);/q;-1;. The van der Waals surface area contributed by atoms with E-state index < -0.39 is 0 Å². The van der Waals surface area contributed by atoms with Gasteiger partial charge in [-0.25, -0.2) is 9.37 Å². The molecule has 139 valence electrons. The number of H-pyrrole nitrogens is 1. The number of nitrogens with one attached hydrogen (secondary N) is 1. The molecule has 27 heavy (non-hydrogen) atoms. The summed E-state index contributed by atoms with van der Waals surface area (Å²) in [5.41, 5.74) is 4.78. The number of aromatic nitrogens is 2. The molecule has 2 aliphatic heterocycles. The zero-order chi connectivity index (χ0) is 18.4. The Balaban J connectivity index is 0.000000220. The van der Waals surface area contributed by atoms with E-state index in [0.29, 0.717) is 31.5 Å². The first-order valence-electron chi connectivity index (χ1n) is 8.63. The van der Waals surface area contributed by atoms with Crippen molar-refractivity contribution in [1.82, 2.24) is 15.0 Å². The fourth-order valence-corrected chi connectivity index (χ4v) is 3.06. The van der Waals surface area contributed by atoms with Gasteiger partial charge in [-0.3, -0.25) is 0 Å². The second kappa shape index (κ2) is 10.8. The summed E-state index contributed by atoms with van der Waals surface area (Å²) >= 11 is 0. The number of fused-ring (bicyclic) bond motifs is 1. The Morgan fingerprint density at radius 3 is 2.56 bits per heavy atom. The molecule has 4 rings (SSSR count). The van der Waals surface area contributed by atoms with E-state index >= 15 is 0 Å². The number of aromatic amines is 1. The van der Waals surface area contributed by atoms with Crippen LogP contribution in [0, 0.1) is 17.1 Å². The Kier molecular flexibility index (Phi) is 8.74. The summed E-state index contributed by atoms with van der Waals surface area (Å²) in [6.07, 6.45) is 4.13. The van der Waals surface area contributed by atoms with Gasteiger partial charge < -0.3 is 15.5 Å². The molecule has 1 radical (unpaired) electrons. The fraction of sp³-hybridized carbons (Fsp3) is 0.368. The summed E-state index contributed by atoms with van der Waals surface area (Å²) in [5.74, 6) is -0.304. The van der Waals surface area contributed by atoms with Crippen molar-refractivity contribution < 1.29 is 42.3 Å². The number of hydrogen-bond acceptors (Lipinski definition) is 4. The van der Waals surface area contributed by atoms with Gasteiger partial charge in [0.25, 0.3) is 0 Å². The van der Waals surface area contributed by atoms with E-state index in [-0.39, 0.29) is 38.5 Å². The maximum atomic E-state index is 12.8. The van der Waals surface area contributed by atoms with Crippen LogP contribution in [0.4, 0.5) is 4.39 Å². The number of piperidine rings is 1. The molecular formula is C19H21FN5OY-. The minimum Gasteiger partial charge on any atom is -0.657 e. The first-order valence-corrected chi connectivity index (χ1v) is 8.63. The molecule has 0 bridgehead atoms. The van der Waals surface area contributed by atoms with Crippen LogP contribution in [0.15, 0.2) is 36.2 Å². The number of imidazole rings is 1.